The predicted octanol–water partition coefficient (Wildman–Crippen LogP) is 4.22. The highest BCUT2D eigenvalue weighted by Crippen LogP contribution is 2.18. The van der Waals surface area contributed by atoms with Crippen LogP contribution in [0.3, 0.4) is 0 Å². The molecule has 0 spiro atoms. The fraction of sp³-hybridized carbons (Fsp3) is 0.222. The van der Waals surface area contributed by atoms with Crippen LogP contribution in [0.4, 0.5) is 0 Å². The zero-order chi connectivity index (χ0) is 14.5. The van der Waals surface area contributed by atoms with Crippen molar-refractivity contribution in [2.75, 3.05) is 12.8 Å². The van der Waals surface area contributed by atoms with E-state index in [1.165, 1.54) is 26.9 Å². The van der Waals surface area contributed by atoms with Crippen LogP contribution in [-0.4, -0.2) is 17.8 Å². The monoisotopic (exact) mass is 296 g/mol. The molecule has 108 valence electrons. The Morgan fingerprint density at radius 1 is 1.05 bits per heavy atom. The molecule has 2 N–H and O–H groups in total. The van der Waals surface area contributed by atoms with Crippen molar-refractivity contribution in [1.82, 2.24) is 10.3 Å². The van der Waals surface area contributed by atoms with Crippen molar-refractivity contribution in [3.63, 3.8) is 0 Å². The van der Waals surface area contributed by atoms with Gasteiger partial charge in [-0.3, -0.25) is 0 Å². The first-order valence-corrected chi connectivity index (χ1v) is 8.48. The molecule has 1 aromatic heterocycles. The van der Waals surface area contributed by atoms with Crippen LogP contribution in [-0.2, 0) is 13.0 Å². The van der Waals surface area contributed by atoms with Crippen molar-refractivity contribution in [3.05, 3.63) is 65.9 Å². The van der Waals surface area contributed by atoms with E-state index in [2.05, 4.69) is 71.3 Å². The second-order valence-corrected chi connectivity index (χ2v) is 6.01. The van der Waals surface area contributed by atoms with Gasteiger partial charge in [0.1, 0.15) is 0 Å². The summed E-state index contributed by atoms with van der Waals surface area (Å²) in [5, 5.41) is 4.86. The number of rotatable bonds is 6. The third-order valence-electron chi connectivity index (χ3n) is 3.73. The molecule has 3 rings (SSSR count). The summed E-state index contributed by atoms with van der Waals surface area (Å²) in [4.78, 5) is 4.65. The molecule has 3 heteroatoms. The standard InChI is InChI=1S/C18H20N2S/c1-21-16-8-6-14(7-9-16)12-19-11-10-15-13-20-18-5-3-2-4-17(15)18/h2-9,13,19-20H,10-12H2,1H3. The highest BCUT2D eigenvalue weighted by molar-refractivity contribution is 7.98. The Balaban J connectivity index is 1.51. The molecule has 0 saturated carbocycles. The van der Waals surface area contributed by atoms with Crippen LogP contribution in [0, 0.1) is 0 Å². The number of hydrogen-bond donors (Lipinski definition) is 2. The van der Waals surface area contributed by atoms with Crippen molar-refractivity contribution in [1.29, 1.82) is 0 Å². The molecule has 0 radical (unpaired) electrons. The summed E-state index contributed by atoms with van der Waals surface area (Å²) in [5.74, 6) is 0. The molecule has 0 aliphatic carbocycles. The Hall–Kier alpha value is -1.71. The van der Waals surface area contributed by atoms with Gasteiger partial charge in [0.25, 0.3) is 0 Å². The van der Waals surface area contributed by atoms with E-state index < -0.39 is 0 Å². The molecule has 0 aliphatic heterocycles. The van der Waals surface area contributed by atoms with E-state index in [1.807, 2.05) is 0 Å². The lowest BCUT2D eigenvalue weighted by Gasteiger charge is -2.05. The lowest BCUT2D eigenvalue weighted by atomic mass is 10.1. The van der Waals surface area contributed by atoms with Gasteiger partial charge in [0, 0.05) is 28.5 Å². The van der Waals surface area contributed by atoms with E-state index in [0.29, 0.717) is 0 Å². The lowest BCUT2D eigenvalue weighted by Crippen LogP contribution is -2.16. The number of aromatic amines is 1. The third kappa shape index (κ3) is 3.49. The van der Waals surface area contributed by atoms with Crippen LogP contribution in [0.15, 0.2) is 59.6 Å². The maximum atomic E-state index is 3.52. The zero-order valence-electron chi connectivity index (χ0n) is 12.2. The second kappa shape index (κ2) is 6.83. The number of nitrogens with one attached hydrogen (secondary N) is 2. The van der Waals surface area contributed by atoms with E-state index >= 15 is 0 Å². The highest BCUT2D eigenvalue weighted by Gasteiger charge is 2.02. The van der Waals surface area contributed by atoms with E-state index in [-0.39, 0.29) is 0 Å². The molecule has 0 bridgehead atoms. The topological polar surface area (TPSA) is 27.8 Å². The Morgan fingerprint density at radius 3 is 2.67 bits per heavy atom. The van der Waals surface area contributed by atoms with Crippen molar-refractivity contribution in [2.45, 2.75) is 17.9 Å². The molecule has 0 amide bonds. The van der Waals surface area contributed by atoms with Gasteiger partial charge in [-0.25, -0.2) is 0 Å². The Bertz CT molecular complexity index is 701. The van der Waals surface area contributed by atoms with Crippen molar-refractivity contribution >= 4 is 22.7 Å². The minimum atomic E-state index is 0.928. The van der Waals surface area contributed by atoms with E-state index in [9.17, 15) is 0 Å². The van der Waals surface area contributed by atoms with Crippen LogP contribution in [0.2, 0.25) is 0 Å². The smallest absolute Gasteiger partial charge is 0.0456 e. The van der Waals surface area contributed by atoms with Gasteiger partial charge in [-0.05, 0) is 48.5 Å². The molecule has 0 atom stereocenters. The summed E-state index contributed by atoms with van der Waals surface area (Å²) >= 11 is 1.78. The molecule has 21 heavy (non-hydrogen) atoms. The Morgan fingerprint density at radius 2 is 1.86 bits per heavy atom. The molecular formula is C18H20N2S. The number of H-pyrrole nitrogens is 1. The molecule has 2 aromatic carbocycles. The molecule has 0 aliphatic rings. The number of benzene rings is 2. The van der Waals surface area contributed by atoms with Crippen LogP contribution in [0.5, 0.6) is 0 Å². The summed E-state index contributed by atoms with van der Waals surface area (Å²) in [6.07, 6.45) is 5.28. The Labute approximate surface area is 130 Å². The fourth-order valence-electron chi connectivity index (χ4n) is 2.54. The number of para-hydroxylation sites is 1. The first-order chi connectivity index (χ1) is 10.4. The first-order valence-electron chi connectivity index (χ1n) is 7.25. The average Bonchev–Trinajstić information content (AvgIpc) is 2.95. The second-order valence-electron chi connectivity index (χ2n) is 5.13. The van der Waals surface area contributed by atoms with Gasteiger partial charge in [-0.1, -0.05) is 30.3 Å². The van der Waals surface area contributed by atoms with Crippen LogP contribution < -0.4 is 5.32 Å². The van der Waals surface area contributed by atoms with Crippen molar-refractivity contribution in [3.8, 4) is 0 Å². The molecule has 0 unspecified atom stereocenters. The quantitative estimate of drug-likeness (QED) is 0.526. The highest BCUT2D eigenvalue weighted by atomic mass is 32.2. The number of hydrogen-bond acceptors (Lipinski definition) is 2. The van der Waals surface area contributed by atoms with E-state index in [1.54, 1.807) is 11.8 Å². The van der Waals surface area contributed by atoms with Gasteiger partial charge < -0.3 is 10.3 Å². The molecule has 0 fully saturated rings. The minimum absolute atomic E-state index is 0.928. The number of thioether (sulfide) groups is 1. The summed E-state index contributed by atoms with van der Waals surface area (Å²) in [6.45, 7) is 1.92. The Kier molecular flexibility index (Phi) is 4.63. The van der Waals surface area contributed by atoms with Gasteiger partial charge in [0.15, 0.2) is 0 Å². The molecule has 0 saturated heterocycles. The van der Waals surface area contributed by atoms with Crippen molar-refractivity contribution < 1.29 is 0 Å². The molecule has 3 aromatic rings. The summed E-state index contributed by atoms with van der Waals surface area (Å²) < 4.78 is 0. The maximum Gasteiger partial charge on any atom is 0.0456 e. The van der Waals surface area contributed by atoms with Crippen LogP contribution in [0.25, 0.3) is 10.9 Å². The SMILES string of the molecule is CSc1ccc(CNCCc2c[nH]c3ccccc23)cc1. The predicted molar refractivity (Wildman–Crippen MR) is 91.9 cm³/mol. The lowest BCUT2D eigenvalue weighted by molar-refractivity contribution is 0.688. The molecule has 2 nitrogen and oxygen atoms in total. The van der Waals surface area contributed by atoms with Gasteiger partial charge in [-0.2, -0.15) is 0 Å². The summed E-state index contributed by atoms with van der Waals surface area (Å²) in [7, 11) is 0. The van der Waals surface area contributed by atoms with Gasteiger partial charge >= 0.3 is 0 Å². The number of aromatic nitrogens is 1. The summed E-state index contributed by atoms with van der Waals surface area (Å²) in [5.41, 5.74) is 3.95. The largest absolute Gasteiger partial charge is 0.361 e. The van der Waals surface area contributed by atoms with Gasteiger partial charge in [0.2, 0.25) is 0 Å². The van der Waals surface area contributed by atoms with Gasteiger partial charge in [0.05, 0.1) is 0 Å². The third-order valence-corrected chi connectivity index (χ3v) is 4.48. The van der Waals surface area contributed by atoms with Crippen molar-refractivity contribution in [2.24, 2.45) is 0 Å². The normalized spacial score (nSPS) is 11.1. The van der Waals surface area contributed by atoms with Crippen LogP contribution >= 0.6 is 11.8 Å². The number of fused-ring (bicyclic) bond motifs is 1. The van der Waals surface area contributed by atoms with E-state index in [4.69, 9.17) is 0 Å². The molecular weight excluding hydrogens is 276 g/mol. The average molecular weight is 296 g/mol. The minimum Gasteiger partial charge on any atom is -0.361 e. The first kappa shape index (κ1) is 14.2. The molecule has 1 heterocycles. The fourth-order valence-corrected chi connectivity index (χ4v) is 2.95. The van der Waals surface area contributed by atoms with Gasteiger partial charge in [-0.15, -0.1) is 11.8 Å². The maximum absolute atomic E-state index is 3.52. The van der Waals surface area contributed by atoms with Crippen LogP contribution in [0.1, 0.15) is 11.1 Å². The zero-order valence-corrected chi connectivity index (χ0v) is 13.0. The van der Waals surface area contributed by atoms with E-state index in [0.717, 1.165) is 19.5 Å². The summed E-state index contributed by atoms with van der Waals surface area (Å²) in [6, 6.07) is 17.2.